The number of urea groups is 1. The van der Waals surface area contributed by atoms with Crippen molar-refractivity contribution in [3.8, 4) is 0 Å². The molecule has 1 N–H and O–H groups in total. The maximum Gasteiger partial charge on any atom is 0.319 e. The first kappa shape index (κ1) is 13.8. The summed E-state index contributed by atoms with van der Waals surface area (Å²) in [7, 11) is 5.60. The number of carbonyl (C=O) groups is 2. The number of carboxylic acids is 1. The van der Waals surface area contributed by atoms with Crippen molar-refractivity contribution in [2.45, 2.75) is 6.42 Å². The Kier molecular flexibility index (Phi) is 4.74. The molecule has 0 aliphatic carbocycles. The molecule has 1 saturated heterocycles. The van der Waals surface area contributed by atoms with Gasteiger partial charge in [0, 0.05) is 26.7 Å². The summed E-state index contributed by atoms with van der Waals surface area (Å²) in [4.78, 5) is 27.9. The number of carboxylic acid groups (broad SMARTS) is 1. The van der Waals surface area contributed by atoms with Gasteiger partial charge in [-0.3, -0.25) is 4.79 Å². The van der Waals surface area contributed by atoms with Gasteiger partial charge in [-0.05, 0) is 27.1 Å². The van der Waals surface area contributed by atoms with Crippen molar-refractivity contribution in [1.82, 2.24) is 14.7 Å². The maximum atomic E-state index is 11.8. The Bertz CT molecular complexity index is 294. The largest absolute Gasteiger partial charge is 0.481 e. The van der Waals surface area contributed by atoms with Crippen molar-refractivity contribution in [3.05, 3.63) is 0 Å². The fraction of sp³-hybridized carbons (Fsp3) is 0.818. The zero-order valence-electron chi connectivity index (χ0n) is 10.7. The highest BCUT2D eigenvalue weighted by Crippen LogP contribution is 2.13. The smallest absolute Gasteiger partial charge is 0.319 e. The molecule has 0 aromatic rings. The highest BCUT2D eigenvalue weighted by atomic mass is 16.4. The van der Waals surface area contributed by atoms with Crippen LogP contribution in [0, 0.1) is 5.92 Å². The van der Waals surface area contributed by atoms with Crippen LogP contribution in [0.3, 0.4) is 0 Å². The second-order valence-corrected chi connectivity index (χ2v) is 4.80. The molecule has 17 heavy (non-hydrogen) atoms. The van der Waals surface area contributed by atoms with Gasteiger partial charge in [0.05, 0.1) is 5.92 Å². The van der Waals surface area contributed by atoms with Crippen LogP contribution in [-0.4, -0.2) is 79.1 Å². The minimum Gasteiger partial charge on any atom is -0.481 e. The first-order valence-corrected chi connectivity index (χ1v) is 5.79. The molecule has 0 spiro atoms. The van der Waals surface area contributed by atoms with Gasteiger partial charge >= 0.3 is 12.0 Å². The minimum atomic E-state index is -0.832. The van der Waals surface area contributed by atoms with Crippen LogP contribution < -0.4 is 0 Å². The maximum absolute atomic E-state index is 11.8. The fourth-order valence-corrected chi connectivity index (χ4v) is 1.97. The third-order valence-electron chi connectivity index (χ3n) is 2.91. The first-order valence-electron chi connectivity index (χ1n) is 5.79. The molecule has 1 atom stereocenters. The summed E-state index contributed by atoms with van der Waals surface area (Å²) in [6, 6.07) is -0.0683. The third-order valence-corrected chi connectivity index (χ3v) is 2.91. The summed E-state index contributed by atoms with van der Waals surface area (Å²) < 4.78 is 0. The predicted octanol–water partition coefficient (Wildman–Crippen LogP) is 0.00630. The quantitative estimate of drug-likeness (QED) is 0.738. The van der Waals surface area contributed by atoms with Crippen LogP contribution in [0.25, 0.3) is 0 Å². The molecular weight excluding hydrogens is 222 g/mol. The highest BCUT2D eigenvalue weighted by Gasteiger charge is 2.32. The van der Waals surface area contributed by atoms with E-state index in [1.165, 1.54) is 4.90 Å². The average molecular weight is 243 g/mol. The lowest BCUT2D eigenvalue weighted by atomic mass is 10.1. The molecular formula is C11H21N3O3. The Morgan fingerprint density at radius 3 is 2.65 bits per heavy atom. The SMILES string of the molecule is CN(C)CCCN1CC(C(=O)O)CN(C)C1=O. The van der Waals surface area contributed by atoms with Gasteiger partial charge in [0.15, 0.2) is 0 Å². The molecule has 1 fully saturated rings. The zero-order valence-corrected chi connectivity index (χ0v) is 10.7. The van der Waals surface area contributed by atoms with E-state index in [-0.39, 0.29) is 6.03 Å². The van der Waals surface area contributed by atoms with Gasteiger partial charge in [-0.15, -0.1) is 0 Å². The number of hydrogen-bond acceptors (Lipinski definition) is 3. The Labute approximate surface area is 102 Å². The molecule has 1 heterocycles. The normalized spacial score (nSPS) is 21.2. The molecule has 0 saturated carbocycles. The third kappa shape index (κ3) is 3.89. The van der Waals surface area contributed by atoms with Crippen LogP contribution in [0.2, 0.25) is 0 Å². The van der Waals surface area contributed by atoms with E-state index in [0.717, 1.165) is 13.0 Å². The van der Waals surface area contributed by atoms with E-state index in [1.807, 2.05) is 19.0 Å². The van der Waals surface area contributed by atoms with Gasteiger partial charge in [0.2, 0.25) is 0 Å². The summed E-state index contributed by atoms with van der Waals surface area (Å²) in [6.07, 6.45) is 0.860. The lowest BCUT2D eigenvalue weighted by Crippen LogP contribution is -2.54. The van der Waals surface area contributed by atoms with Crippen LogP contribution in [0.1, 0.15) is 6.42 Å². The summed E-state index contributed by atoms with van der Waals surface area (Å²) in [5.41, 5.74) is 0. The predicted molar refractivity (Wildman–Crippen MR) is 63.9 cm³/mol. The number of carbonyl (C=O) groups excluding carboxylic acids is 1. The van der Waals surface area contributed by atoms with Gasteiger partial charge in [-0.2, -0.15) is 0 Å². The first-order chi connectivity index (χ1) is 7.91. The second kappa shape index (κ2) is 5.86. The minimum absolute atomic E-state index is 0.0683. The van der Waals surface area contributed by atoms with Crippen molar-refractivity contribution in [1.29, 1.82) is 0 Å². The van der Waals surface area contributed by atoms with E-state index >= 15 is 0 Å². The molecule has 0 radical (unpaired) electrons. The van der Waals surface area contributed by atoms with Crippen molar-refractivity contribution in [2.24, 2.45) is 5.92 Å². The summed E-state index contributed by atoms with van der Waals surface area (Å²) in [5, 5.41) is 9.00. The standard InChI is InChI=1S/C11H21N3O3/c1-12(2)5-4-6-14-8-9(10(15)16)7-13(3)11(14)17/h9H,4-8H2,1-3H3,(H,15,16). The lowest BCUT2D eigenvalue weighted by Gasteiger charge is -2.36. The topological polar surface area (TPSA) is 64.1 Å². The van der Waals surface area contributed by atoms with E-state index in [1.54, 1.807) is 11.9 Å². The van der Waals surface area contributed by atoms with Crippen molar-refractivity contribution in [2.75, 3.05) is 47.3 Å². The zero-order chi connectivity index (χ0) is 13.0. The average Bonchev–Trinajstić information content (AvgIpc) is 2.23. The van der Waals surface area contributed by atoms with Crippen LogP contribution in [0.5, 0.6) is 0 Å². The highest BCUT2D eigenvalue weighted by molar-refractivity contribution is 5.79. The Morgan fingerprint density at radius 1 is 1.47 bits per heavy atom. The monoisotopic (exact) mass is 243 g/mol. The van der Waals surface area contributed by atoms with E-state index in [0.29, 0.717) is 19.6 Å². The molecule has 0 aromatic carbocycles. The van der Waals surface area contributed by atoms with Crippen LogP contribution in [-0.2, 0) is 4.79 Å². The number of rotatable bonds is 5. The van der Waals surface area contributed by atoms with Crippen LogP contribution in [0.4, 0.5) is 4.79 Å². The number of hydrogen-bond donors (Lipinski definition) is 1. The molecule has 98 valence electrons. The van der Waals surface area contributed by atoms with E-state index in [4.69, 9.17) is 5.11 Å². The fourth-order valence-electron chi connectivity index (χ4n) is 1.97. The van der Waals surface area contributed by atoms with Gasteiger partial charge < -0.3 is 19.8 Å². The molecule has 6 nitrogen and oxygen atoms in total. The number of aliphatic carboxylic acids is 1. The summed E-state index contributed by atoms with van der Waals surface area (Å²) >= 11 is 0. The van der Waals surface area contributed by atoms with Gasteiger partial charge in [0.25, 0.3) is 0 Å². The van der Waals surface area contributed by atoms with Crippen molar-refractivity contribution in [3.63, 3.8) is 0 Å². The molecule has 0 bridgehead atoms. The number of amides is 2. The van der Waals surface area contributed by atoms with Crippen LogP contribution in [0.15, 0.2) is 0 Å². The van der Waals surface area contributed by atoms with E-state index < -0.39 is 11.9 Å². The summed E-state index contributed by atoms with van der Waals surface area (Å²) in [5.74, 6) is -1.31. The van der Waals surface area contributed by atoms with Gasteiger partial charge in [0.1, 0.15) is 0 Å². The molecule has 1 rings (SSSR count). The molecule has 1 unspecified atom stereocenters. The van der Waals surface area contributed by atoms with Crippen molar-refractivity contribution < 1.29 is 14.7 Å². The molecule has 0 aromatic heterocycles. The molecule has 6 heteroatoms. The molecule has 1 aliphatic rings. The van der Waals surface area contributed by atoms with Crippen LogP contribution >= 0.6 is 0 Å². The molecule has 1 aliphatic heterocycles. The van der Waals surface area contributed by atoms with Gasteiger partial charge in [-0.1, -0.05) is 0 Å². The Hall–Kier alpha value is -1.30. The second-order valence-electron chi connectivity index (χ2n) is 4.80. The summed E-state index contributed by atoms with van der Waals surface area (Å²) in [6.45, 7) is 2.14. The Balaban J connectivity index is 2.50. The van der Waals surface area contributed by atoms with Crippen molar-refractivity contribution >= 4 is 12.0 Å². The number of nitrogens with zero attached hydrogens (tertiary/aromatic N) is 3. The van der Waals surface area contributed by atoms with E-state index in [9.17, 15) is 9.59 Å². The lowest BCUT2D eigenvalue weighted by molar-refractivity contribution is -0.143. The molecule has 2 amide bonds. The van der Waals surface area contributed by atoms with Gasteiger partial charge in [-0.25, -0.2) is 4.79 Å². The Morgan fingerprint density at radius 2 is 2.12 bits per heavy atom. The van der Waals surface area contributed by atoms with E-state index in [2.05, 4.69) is 0 Å².